The first-order chi connectivity index (χ1) is 12.6. The van der Waals surface area contributed by atoms with Gasteiger partial charge in [-0.2, -0.15) is 5.10 Å². The Labute approximate surface area is 153 Å². The quantitative estimate of drug-likeness (QED) is 0.718. The summed E-state index contributed by atoms with van der Waals surface area (Å²) in [5.41, 5.74) is 0.295. The van der Waals surface area contributed by atoms with E-state index in [4.69, 9.17) is 11.6 Å². The number of nitrogens with one attached hydrogen (secondary N) is 1. The van der Waals surface area contributed by atoms with Crippen LogP contribution in [-0.2, 0) is 13.0 Å². The van der Waals surface area contributed by atoms with Crippen LogP contribution in [0.5, 0.6) is 0 Å². The molecule has 1 amide bonds. The Bertz CT molecular complexity index is 909. The zero-order chi connectivity index (χ0) is 18.5. The zero-order valence-electron chi connectivity index (χ0n) is 13.6. The molecule has 0 fully saturated rings. The Morgan fingerprint density at radius 3 is 2.65 bits per heavy atom. The monoisotopic (exact) mass is 376 g/mol. The first kappa shape index (κ1) is 18.0. The van der Waals surface area contributed by atoms with E-state index in [1.165, 1.54) is 41.3 Å². The van der Waals surface area contributed by atoms with Gasteiger partial charge >= 0.3 is 0 Å². The number of carbonyl (C=O) groups excluding carboxylic acids is 1. The molecule has 0 aliphatic heterocycles. The molecule has 0 unspecified atom stereocenters. The van der Waals surface area contributed by atoms with E-state index in [-0.39, 0.29) is 18.7 Å². The van der Waals surface area contributed by atoms with Crippen LogP contribution >= 0.6 is 11.6 Å². The number of aromatic nitrogens is 3. The van der Waals surface area contributed by atoms with Crippen LogP contribution in [0, 0.1) is 11.6 Å². The van der Waals surface area contributed by atoms with Crippen molar-refractivity contribution < 1.29 is 13.6 Å². The number of hydrogen-bond acceptors (Lipinski definition) is 3. The minimum atomic E-state index is -0.581. The number of amides is 1. The third kappa shape index (κ3) is 4.05. The summed E-state index contributed by atoms with van der Waals surface area (Å²) >= 11 is 6.03. The van der Waals surface area contributed by atoms with E-state index >= 15 is 0 Å². The molecule has 5 nitrogen and oxygen atoms in total. The Morgan fingerprint density at radius 2 is 1.88 bits per heavy atom. The van der Waals surface area contributed by atoms with Gasteiger partial charge in [-0.15, -0.1) is 0 Å². The fraction of sp³-hybridized carbons (Fsp3) is 0.167. The molecule has 0 spiro atoms. The first-order valence-corrected chi connectivity index (χ1v) is 8.26. The van der Waals surface area contributed by atoms with E-state index in [1.54, 1.807) is 12.1 Å². The predicted octanol–water partition coefficient (Wildman–Crippen LogP) is 3.23. The summed E-state index contributed by atoms with van der Waals surface area (Å²) < 4.78 is 29.0. The van der Waals surface area contributed by atoms with Gasteiger partial charge < -0.3 is 5.32 Å². The second-order valence-electron chi connectivity index (χ2n) is 5.52. The maximum absolute atomic E-state index is 13.9. The standard InChI is InChI=1S/C18H15ClF2N4O/c19-14-5-3-7-16(21)13(14)10-25-17(23-11-24-25)8-9-22-18(26)12-4-1-2-6-15(12)20/h1-7,11H,8-10H2,(H,22,26). The maximum atomic E-state index is 13.9. The van der Waals surface area contributed by atoms with Crippen molar-refractivity contribution in [2.75, 3.05) is 6.54 Å². The van der Waals surface area contributed by atoms with Gasteiger partial charge in [-0.05, 0) is 24.3 Å². The number of hydrogen-bond donors (Lipinski definition) is 1. The lowest BCUT2D eigenvalue weighted by atomic mass is 10.2. The second-order valence-corrected chi connectivity index (χ2v) is 5.93. The number of benzene rings is 2. The van der Waals surface area contributed by atoms with Crippen LogP contribution in [0.1, 0.15) is 21.7 Å². The normalized spacial score (nSPS) is 10.7. The zero-order valence-corrected chi connectivity index (χ0v) is 14.4. The number of halogens is 3. The summed E-state index contributed by atoms with van der Waals surface area (Å²) in [6.07, 6.45) is 1.70. The Morgan fingerprint density at radius 1 is 1.12 bits per heavy atom. The predicted molar refractivity (Wildman–Crippen MR) is 93.0 cm³/mol. The third-order valence-corrected chi connectivity index (χ3v) is 4.17. The summed E-state index contributed by atoms with van der Waals surface area (Å²) in [5, 5.41) is 7.01. The van der Waals surface area contributed by atoms with E-state index < -0.39 is 17.5 Å². The van der Waals surface area contributed by atoms with Crippen molar-refractivity contribution in [2.24, 2.45) is 0 Å². The van der Waals surface area contributed by atoms with Gasteiger partial charge in [0.2, 0.25) is 0 Å². The maximum Gasteiger partial charge on any atom is 0.254 e. The highest BCUT2D eigenvalue weighted by Gasteiger charge is 2.13. The second kappa shape index (κ2) is 8.05. The average Bonchev–Trinajstić information content (AvgIpc) is 3.06. The van der Waals surface area contributed by atoms with Crippen LogP contribution in [0.2, 0.25) is 5.02 Å². The summed E-state index contributed by atoms with van der Waals surface area (Å²) in [6.45, 7) is 0.360. The van der Waals surface area contributed by atoms with Crippen molar-refractivity contribution >= 4 is 17.5 Å². The van der Waals surface area contributed by atoms with Gasteiger partial charge in [0.1, 0.15) is 23.8 Å². The molecule has 0 radical (unpaired) electrons. The molecule has 0 saturated heterocycles. The van der Waals surface area contributed by atoms with Crippen LogP contribution in [0.25, 0.3) is 0 Å². The molecule has 1 N–H and O–H groups in total. The molecule has 1 heterocycles. The molecular weight excluding hydrogens is 362 g/mol. The van der Waals surface area contributed by atoms with Crippen molar-refractivity contribution in [1.29, 1.82) is 0 Å². The smallest absolute Gasteiger partial charge is 0.254 e. The lowest BCUT2D eigenvalue weighted by Gasteiger charge is -2.09. The summed E-state index contributed by atoms with van der Waals surface area (Å²) in [5.74, 6) is -0.960. The lowest BCUT2D eigenvalue weighted by Crippen LogP contribution is -2.27. The molecule has 0 atom stereocenters. The number of nitrogens with zero attached hydrogens (tertiary/aromatic N) is 3. The third-order valence-electron chi connectivity index (χ3n) is 3.82. The first-order valence-electron chi connectivity index (χ1n) is 7.88. The van der Waals surface area contributed by atoms with Gasteiger partial charge in [0.25, 0.3) is 5.91 Å². The van der Waals surface area contributed by atoms with E-state index in [0.717, 1.165) is 0 Å². The summed E-state index contributed by atoms with van der Waals surface area (Å²) in [6, 6.07) is 10.2. The van der Waals surface area contributed by atoms with E-state index in [1.807, 2.05) is 0 Å². The van der Waals surface area contributed by atoms with Gasteiger partial charge in [0.15, 0.2) is 0 Å². The van der Waals surface area contributed by atoms with Crippen molar-refractivity contribution in [3.8, 4) is 0 Å². The highest BCUT2D eigenvalue weighted by molar-refractivity contribution is 6.31. The van der Waals surface area contributed by atoms with Crippen LogP contribution < -0.4 is 5.32 Å². The van der Waals surface area contributed by atoms with Crippen molar-refractivity contribution in [1.82, 2.24) is 20.1 Å². The fourth-order valence-electron chi connectivity index (χ4n) is 2.48. The molecule has 1 aromatic heterocycles. The van der Waals surface area contributed by atoms with Crippen LogP contribution in [-0.4, -0.2) is 27.2 Å². The van der Waals surface area contributed by atoms with E-state index in [0.29, 0.717) is 22.8 Å². The van der Waals surface area contributed by atoms with Gasteiger partial charge in [-0.3, -0.25) is 4.79 Å². The highest BCUT2D eigenvalue weighted by atomic mass is 35.5. The number of rotatable bonds is 6. The van der Waals surface area contributed by atoms with Crippen molar-refractivity contribution in [2.45, 2.75) is 13.0 Å². The van der Waals surface area contributed by atoms with Gasteiger partial charge in [0.05, 0.1) is 12.1 Å². The average molecular weight is 377 g/mol. The highest BCUT2D eigenvalue weighted by Crippen LogP contribution is 2.20. The molecule has 3 rings (SSSR count). The van der Waals surface area contributed by atoms with Crippen molar-refractivity contribution in [3.05, 3.63) is 82.4 Å². The van der Waals surface area contributed by atoms with Crippen LogP contribution in [0.15, 0.2) is 48.8 Å². The molecule has 134 valence electrons. The minimum Gasteiger partial charge on any atom is -0.351 e. The largest absolute Gasteiger partial charge is 0.351 e. The van der Waals surface area contributed by atoms with Gasteiger partial charge in [0, 0.05) is 23.6 Å². The van der Waals surface area contributed by atoms with Crippen LogP contribution in [0.4, 0.5) is 8.78 Å². The molecular formula is C18H15ClF2N4O. The molecule has 3 aromatic rings. The van der Waals surface area contributed by atoms with Gasteiger partial charge in [-0.1, -0.05) is 29.8 Å². The molecule has 0 aliphatic carbocycles. The molecule has 8 heteroatoms. The lowest BCUT2D eigenvalue weighted by molar-refractivity contribution is 0.0950. The van der Waals surface area contributed by atoms with Crippen LogP contribution in [0.3, 0.4) is 0 Å². The molecule has 2 aromatic carbocycles. The van der Waals surface area contributed by atoms with Gasteiger partial charge in [-0.25, -0.2) is 18.4 Å². The van der Waals surface area contributed by atoms with E-state index in [9.17, 15) is 13.6 Å². The summed E-state index contributed by atoms with van der Waals surface area (Å²) in [4.78, 5) is 16.1. The van der Waals surface area contributed by atoms with E-state index in [2.05, 4.69) is 15.4 Å². The molecule has 0 bridgehead atoms. The molecule has 0 saturated carbocycles. The molecule has 0 aliphatic rings. The molecule has 26 heavy (non-hydrogen) atoms. The summed E-state index contributed by atoms with van der Waals surface area (Å²) in [7, 11) is 0. The Kier molecular flexibility index (Phi) is 5.58. The van der Waals surface area contributed by atoms with Crippen molar-refractivity contribution in [3.63, 3.8) is 0 Å². The fourth-order valence-corrected chi connectivity index (χ4v) is 2.70. The Balaban J connectivity index is 1.63. The SMILES string of the molecule is O=C(NCCc1ncnn1Cc1c(F)cccc1Cl)c1ccccc1F. The topological polar surface area (TPSA) is 59.8 Å². The number of carbonyl (C=O) groups is 1. The minimum absolute atomic E-state index is 0.0212. The Hall–Kier alpha value is -2.80.